The van der Waals surface area contributed by atoms with Crippen molar-refractivity contribution < 1.29 is 4.79 Å². The largest absolute Gasteiger partial charge is 0.370 e. The molecule has 0 fully saturated rings. The van der Waals surface area contributed by atoms with Gasteiger partial charge in [0.25, 0.3) is 5.91 Å². The lowest BCUT2D eigenvalue weighted by atomic mass is 9.97. The van der Waals surface area contributed by atoms with Crippen molar-refractivity contribution in [3.63, 3.8) is 0 Å². The predicted octanol–water partition coefficient (Wildman–Crippen LogP) is 4.73. The summed E-state index contributed by atoms with van der Waals surface area (Å²) in [7, 11) is 0. The molecule has 114 valence electrons. The average Bonchev–Trinajstić information content (AvgIpc) is 2.47. The molecule has 2 aromatic carbocycles. The molecule has 0 aliphatic carbocycles. The Morgan fingerprint density at radius 2 is 1.82 bits per heavy atom. The predicted molar refractivity (Wildman–Crippen MR) is 91.8 cm³/mol. The van der Waals surface area contributed by atoms with Gasteiger partial charge in [-0.1, -0.05) is 41.4 Å². The van der Waals surface area contributed by atoms with Gasteiger partial charge >= 0.3 is 0 Å². The molecule has 0 bridgehead atoms. The molecule has 1 heterocycles. The van der Waals surface area contributed by atoms with Crippen molar-refractivity contribution in [1.29, 1.82) is 0 Å². The Morgan fingerprint density at radius 3 is 2.55 bits per heavy atom. The molecule has 0 spiro atoms. The summed E-state index contributed by atoms with van der Waals surface area (Å²) in [4.78, 5) is 14.6. The summed E-state index contributed by atoms with van der Waals surface area (Å²) in [5, 5.41) is 4.29. The molecule has 3 nitrogen and oxygen atoms in total. The Hall–Kier alpha value is -1.71. The van der Waals surface area contributed by atoms with Gasteiger partial charge in [0.1, 0.15) is 5.54 Å². The quantitative estimate of drug-likeness (QED) is 0.860. The molecule has 5 heteroatoms. The zero-order valence-corrected chi connectivity index (χ0v) is 13.9. The fourth-order valence-electron chi connectivity index (χ4n) is 2.63. The summed E-state index contributed by atoms with van der Waals surface area (Å²) in [5.74, 6) is 0.0253. The van der Waals surface area contributed by atoms with Crippen molar-refractivity contribution in [1.82, 2.24) is 0 Å². The molecule has 1 aliphatic heterocycles. The molecular formula is C17H16Cl2N2O. The highest BCUT2D eigenvalue weighted by Crippen LogP contribution is 2.36. The number of hydrogen-bond donors (Lipinski definition) is 1. The molecule has 1 N–H and O–H groups in total. The molecule has 0 unspecified atom stereocenters. The smallest absolute Gasteiger partial charge is 0.252 e. The highest BCUT2D eigenvalue weighted by Gasteiger charge is 2.38. The van der Waals surface area contributed by atoms with E-state index < -0.39 is 5.54 Å². The maximum Gasteiger partial charge on any atom is 0.252 e. The van der Waals surface area contributed by atoms with E-state index in [1.807, 2.05) is 44.2 Å². The first-order valence-electron chi connectivity index (χ1n) is 7.01. The van der Waals surface area contributed by atoms with Gasteiger partial charge < -0.3 is 10.2 Å². The summed E-state index contributed by atoms with van der Waals surface area (Å²) in [6.07, 6.45) is 0. The van der Waals surface area contributed by atoms with Crippen LogP contribution in [0.15, 0.2) is 42.5 Å². The lowest BCUT2D eigenvalue weighted by molar-refractivity contribution is -0.122. The topological polar surface area (TPSA) is 32.3 Å². The van der Waals surface area contributed by atoms with E-state index in [4.69, 9.17) is 23.2 Å². The van der Waals surface area contributed by atoms with Crippen LogP contribution in [0.1, 0.15) is 19.4 Å². The number of nitrogens with one attached hydrogen (secondary N) is 1. The maximum atomic E-state index is 12.8. The standard InChI is InChI=1S/C17H16Cl2N2O/c1-17(2)16(22)21(15-6-4-3-5-14(15)20-17)10-11-7-8-12(18)13(19)9-11/h3-9,20H,10H2,1-2H3. The van der Waals surface area contributed by atoms with Crippen LogP contribution in [0.4, 0.5) is 11.4 Å². The zero-order chi connectivity index (χ0) is 15.9. The summed E-state index contributed by atoms with van der Waals surface area (Å²) in [6, 6.07) is 13.2. The minimum Gasteiger partial charge on any atom is -0.370 e. The second-order valence-corrected chi connectivity index (χ2v) is 6.72. The number of carbonyl (C=O) groups excluding carboxylic acids is 1. The number of halogens is 2. The van der Waals surface area contributed by atoms with Crippen LogP contribution < -0.4 is 10.2 Å². The number of amides is 1. The maximum absolute atomic E-state index is 12.8. The van der Waals surface area contributed by atoms with Crippen LogP contribution in [0.3, 0.4) is 0 Å². The molecule has 22 heavy (non-hydrogen) atoms. The third kappa shape index (κ3) is 2.67. The highest BCUT2D eigenvalue weighted by atomic mass is 35.5. The first-order valence-corrected chi connectivity index (χ1v) is 7.77. The number of para-hydroxylation sites is 2. The van der Waals surface area contributed by atoms with E-state index in [0.29, 0.717) is 16.6 Å². The lowest BCUT2D eigenvalue weighted by Crippen LogP contribution is -2.53. The van der Waals surface area contributed by atoms with E-state index in [0.717, 1.165) is 16.9 Å². The number of hydrogen-bond acceptors (Lipinski definition) is 2. The SMILES string of the molecule is CC1(C)Nc2ccccc2N(Cc2ccc(Cl)c(Cl)c2)C1=O. The van der Waals surface area contributed by atoms with E-state index >= 15 is 0 Å². The fourth-order valence-corrected chi connectivity index (χ4v) is 2.95. The minimum absolute atomic E-state index is 0.0253. The molecule has 0 atom stereocenters. The second kappa shape index (κ2) is 5.49. The van der Waals surface area contributed by atoms with Gasteiger partial charge in [0.15, 0.2) is 0 Å². The van der Waals surface area contributed by atoms with Crippen molar-refractivity contribution in [2.24, 2.45) is 0 Å². The summed E-state index contributed by atoms with van der Waals surface area (Å²) in [5.41, 5.74) is 2.12. The van der Waals surface area contributed by atoms with Gasteiger partial charge in [-0.3, -0.25) is 4.79 Å². The number of fused-ring (bicyclic) bond motifs is 1. The third-order valence-corrected chi connectivity index (χ3v) is 4.49. The summed E-state index contributed by atoms with van der Waals surface area (Å²) >= 11 is 12.0. The van der Waals surface area contributed by atoms with Crippen LogP contribution in [0, 0.1) is 0 Å². The zero-order valence-electron chi connectivity index (χ0n) is 12.4. The van der Waals surface area contributed by atoms with Gasteiger partial charge in [-0.25, -0.2) is 0 Å². The van der Waals surface area contributed by atoms with E-state index in [9.17, 15) is 4.79 Å². The van der Waals surface area contributed by atoms with E-state index in [2.05, 4.69) is 5.32 Å². The van der Waals surface area contributed by atoms with Crippen LogP contribution >= 0.6 is 23.2 Å². The van der Waals surface area contributed by atoms with Crippen LogP contribution in [-0.4, -0.2) is 11.4 Å². The van der Waals surface area contributed by atoms with Crippen molar-refractivity contribution in [3.8, 4) is 0 Å². The Morgan fingerprint density at radius 1 is 1.09 bits per heavy atom. The average molecular weight is 335 g/mol. The molecular weight excluding hydrogens is 319 g/mol. The Labute approximate surface area is 139 Å². The van der Waals surface area contributed by atoms with Crippen molar-refractivity contribution in [2.45, 2.75) is 25.9 Å². The molecule has 0 saturated heterocycles. The van der Waals surface area contributed by atoms with Crippen LogP contribution in [0.2, 0.25) is 10.0 Å². The molecule has 0 aromatic heterocycles. The Balaban J connectivity index is 2.00. The van der Waals surface area contributed by atoms with Crippen LogP contribution in [0.25, 0.3) is 0 Å². The normalized spacial score (nSPS) is 16.2. The van der Waals surface area contributed by atoms with Gasteiger partial charge in [0.2, 0.25) is 0 Å². The van der Waals surface area contributed by atoms with E-state index in [1.54, 1.807) is 17.0 Å². The molecule has 1 aliphatic rings. The number of benzene rings is 2. The van der Waals surface area contributed by atoms with Gasteiger partial charge in [-0.2, -0.15) is 0 Å². The minimum atomic E-state index is -0.648. The van der Waals surface area contributed by atoms with Gasteiger partial charge in [-0.05, 0) is 43.7 Å². The fraction of sp³-hybridized carbons (Fsp3) is 0.235. The Kier molecular flexibility index (Phi) is 3.79. The number of nitrogens with zero attached hydrogens (tertiary/aromatic N) is 1. The molecule has 2 aromatic rings. The van der Waals surface area contributed by atoms with Crippen molar-refractivity contribution in [3.05, 3.63) is 58.1 Å². The molecule has 3 rings (SSSR count). The van der Waals surface area contributed by atoms with Gasteiger partial charge in [-0.15, -0.1) is 0 Å². The van der Waals surface area contributed by atoms with E-state index in [-0.39, 0.29) is 5.91 Å². The van der Waals surface area contributed by atoms with Gasteiger partial charge in [0.05, 0.1) is 28.0 Å². The monoisotopic (exact) mass is 334 g/mol. The second-order valence-electron chi connectivity index (χ2n) is 5.91. The number of rotatable bonds is 2. The Bertz CT molecular complexity index is 743. The van der Waals surface area contributed by atoms with Crippen molar-refractivity contribution in [2.75, 3.05) is 10.2 Å². The van der Waals surface area contributed by atoms with Crippen molar-refractivity contribution >= 4 is 40.5 Å². The first-order chi connectivity index (χ1) is 10.4. The number of carbonyl (C=O) groups is 1. The number of anilines is 2. The molecule has 0 saturated carbocycles. The highest BCUT2D eigenvalue weighted by molar-refractivity contribution is 6.42. The van der Waals surface area contributed by atoms with Gasteiger partial charge in [0, 0.05) is 0 Å². The first kappa shape index (κ1) is 15.2. The lowest BCUT2D eigenvalue weighted by Gasteiger charge is -2.40. The van der Waals surface area contributed by atoms with Crippen LogP contribution in [0.5, 0.6) is 0 Å². The molecule has 1 amide bonds. The van der Waals surface area contributed by atoms with E-state index in [1.165, 1.54) is 0 Å². The summed E-state index contributed by atoms with van der Waals surface area (Å²) in [6.45, 7) is 4.22. The summed E-state index contributed by atoms with van der Waals surface area (Å²) < 4.78 is 0. The van der Waals surface area contributed by atoms with Crippen LogP contribution in [-0.2, 0) is 11.3 Å². The third-order valence-electron chi connectivity index (χ3n) is 3.75. The molecule has 0 radical (unpaired) electrons.